The SMILES string of the molecule is FC(F)(F)c1ccc2nc(-c3ccc(-c4cccc(CN5CCN(c6ccncc6)CC5)c4)cc3)[nH]c2c1.O=C(O)C(F)(F)F. The normalized spacial score (nSPS) is 14.2. The van der Waals surface area contributed by atoms with Crippen molar-refractivity contribution < 1.29 is 36.2 Å². The molecule has 3 heterocycles. The number of aliphatic carboxylic acids is 1. The number of rotatable bonds is 5. The van der Waals surface area contributed by atoms with Crippen LogP contribution < -0.4 is 4.90 Å². The fourth-order valence-electron chi connectivity index (χ4n) is 4.97. The molecular formula is C32H27F6N5O2. The number of aromatic amines is 1. The maximum Gasteiger partial charge on any atom is 0.490 e. The summed E-state index contributed by atoms with van der Waals surface area (Å²) in [5.41, 5.74) is 5.70. The third kappa shape index (κ3) is 7.98. The predicted molar refractivity (Wildman–Crippen MR) is 157 cm³/mol. The zero-order valence-corrected chi connectivity index (χ0v) is 23.6. The maximum absolute atomic E-state index is 13.0. The van der Waals surface area contributed by atoms with Crippen LogP contribution in [0.2, 0.25) is 0 Å². The summed E-state index contributed by atoms with van der Waals surface area (Å²) in [6, 6.07) is 24.2. The molecule has 45 heavy (non-hydrogen) atoms. The molecule has 0 bridgehead atoms. The Labute approximate surface area is 253 Å². The molecule has 234 valence electrons. The second-order valence-corrected chi connectivity index (χ2v) is 10.4. The summed E-state index contributed by atoms with van der Waals surface area (Å²) in [5.74, 6) is -2.21. The van der Waals surface area contributed by atoms with Crippen molar-refractivity contribution in [1.82, 2.24) is 19.9 Å². The van der Waals surface area contributed by atoms with Crippen molar-refractivity contribution in [3.63, 3.8) is 0 Å². The number of hydrogen-bond acceptors (Lipinski definition) is 5. The number of benzene rings is 3. The molecule has 2 N–H and O–H groups in total. The number of imidazole rings is 1. The van der Waals surface area contributed by atoms with Crippen LogP contribution in [-0.4, -0.2) is 63.3 Å². The number of fused-ring (bicyclic) bond motifs is 1. The van der Waals surface area contributed by atoms with Gasteiger partial charge in [-0.05, 0) is 53.1 Å². The summed E-state index contributed by atoms with van der Waals surface area (Å²) in [5, 5.41) is 7.12. The van der Waals surface area contributed by atoms with Crippen molar-refractivity contribution >= 4 is 22.7 Å². The number of hydrogen-bond donors (Lipinski definition) is 2. The molecule has 0 atom stereocenters. The Hall–Kier alpha value is -4.91. The number of carboxylic acid groups (broad SMARTS) is 1. The summed E-state index contributed by atoms with van der Waals surface area (Å²) < 4.78 is 70.9. The molecule has 0 radical (unpaired) electrons. The number of anilines is 1. The van der Waals surface area contributed by atoms with Gasteiger partial charge in [-0.15, -0.1) is 0 Å². The Balaban J connectivity index is 0.000000515. The molecule has 0 amide bonds. The molecule has 3 aromatic carbocycles. The standard InChI is InChI=1S/C30H26F3N5.C2HF3O2/c31-30(32,33)25-8-9-27-28(19-25)36-29(35-27)23-6-4-22(5-7-23)24-3-1-2-21(18-24)20-37-14-16-38(17-15-37)26-10-12-34-13-11-26;3-2(4,5)1(6)7/h1-13,18-19H,14-17,20H2,(H,35,36);(H,6,7). The fraction of sp³-hybridized carbons (Fsp3) is 0.219. The molecule has 1 aliphatic heterocycles. The first kappa shape index (κ1) is 31.5. The first-order chi connectivity index (χ1) is 21.4. The van der Waals surface area contributed by atoms with E-state index in [9.17, 15) is 26.3 Å². The maximum atomic E-state index is 13.0. The number of carboxylic acids is 1. The molecule has 0 aliphatic carbocycles. The molecule has 0 spiro atoms. The number of pyridine rings is 1. The Morgan fingerprint density at radius 3 is 2.07 bits per heavy atom. The lowest BCUT2D eigenvalue weighted by molar-refractivity contribution is -0.192. The highest BCUT2D eigenvalue weighted by molar-refractivity contribution is 5.80. The van der Waals surface area contributed by atoms with E-state index in [-0.39, 0.29) is 0 Å². The first-order valence-electron chi connectivity index (χ1n) is 13.8. The quantitative estimate of drug-likeness (QED) is 0.200. The lowest BCUT2D eigenvalue weighted by Crippen LogP contribution is -2.45. The van der Waals surface area contributed by atoms with Crippen molar-refractivity contribution in [1.29, 1.82) is 0 Å². The first-order valence-corrected chi connectivity index (χ1v) is 13.8. The van der Waals surface area contributed by atoms with Gasteiger partial charge in [-0.2, -0.15) is 26.3 Å². The molecular weight excluding hydrogens is 600 g/mol. The summed E-state index contributed by atoms with van der Waals surface area (Å²) in [6.45, 7) is 4.89. The van der Waals surface area contributed by atoms with Crippen molar-refractivity contribution in [2.24, 2.45) is 0 Å². The second kappa shape index (κ2) is 13.0. The van der Waals surface area contributed by atoms with Gasteiger partial charge in [0.25, 0.3) is 0 Å². The number of halogens is 6. The van der Waals surface area contributed by atoms with E-state index < -0.39 is 23.9 Å². The second-order valence-electron chi connectivity index (χ2n) is 10.4. The molecule has 1 saturated heterocycles. The summed E-state index contributed by atoms with van der Waals surface area (Å²) >= 11 is 0. The number of nitrogens with zero attached hydrogens (tertiary/aromatic N) is 4. The van der Waals surface area contributed by atoms with Crippen LogP contribution in [-0.2, 0) is 17.5 Å². The summed E-state index contributed by atoms with van der Waals surface area (Å²) in [7, 11) is 0. The molecule has 2 aromatic heterocycles. The Morgan fingerprint density at radius 2 is 1.44 bits per heavy atom. The zero-order chi connectivity index (χ0) is 32.2. The van der Waals surface area contributed by atoms with Gasteiger partial charge in [0, 0.05) is 56.4 Å². The van der Waals surface area contributed by atoms with E-state index in [1.165, 1.54) is 17.3 Å². The van der Waals surface area contributed by atoms with E-state index in [2.05, 4.69) is 61.1 Å². The Morgan fingerprint density at radius 1 is 0.800 bits per heavy atom. The van der Waals surface area contributed by atoms with E-state index in [1.807, 2.05) is 36.7 Å². The average Bonchev–Trinajstić information content (AvgIpc) is 3.45. The molecule has 5 aromatic rings. The minimum atomic E-state index is -5.08. The van der Waals surface area contributed by atoms with Gasteiger partial charge >= 0.3 is 18.3 Å². The Bertz CT molecular complexity index is 1750. The minimum Gasteiger partial charge on any atom is -0.475 e. The van der Waals surface area contributed by atoms with E-state index in [0.717, 1.165) is 61.5 Å². The minimum absolute atomic E-state index is 0.369. The summed E-state index contributed by atoms with van der Waals surface area (Å²) in [6.07, 6.45) is -5.79. The van der Waals surface area contributed by atoms with Crippen LogP contribution in [0.25, 0.3) is 33.5 Å². The average molecular weight is 628 g/mol. The van der Waals surface area contributed by atoms with E-state index in [4.69, 9.17) is 9.90 Å². The van der Waals surface area contributed by atoms with E-state index in [0.29, 0.717) is 16.9 Å². The highest BCUT2D eigenvalue weighted by Gasteiger charge is 2.38. The molecule has 6 rings (SSSR count). The van der Waals surface area contributed by atoms with E-state index >= 15 is 0 Å². The molecule has 0 unspecified atom stereocenters. The van der Waals surface area contributed by atoms with Crippen molar-refractivity contribution in [2.45, 2.75) is 18.9 Å². The molecule has 1 fully saturated rings. The van der Waals surface area contributed by atoms with Crippen LogP contribution >= 0.6 is 0 Å². The third-order valence-corrected chi connectivity index (χ3v) is 7.28. The summed E-state index contributed by atoms with van der Waals surface area (Å²) in [4.78, 5) is 25.4. The Kier molecular flexibility index (Phi) is 9.09. The number of piperazine rings is 1. The monoisotopic (exact) mass is 627 g/mol. The topological polar surface area (TPSA) is 85.4 Å². The van der Waals surface area contributed by atoms with E-state index in [1.54, 1.807) is 0 Å². The van der Waals surface area contributed by atoms with Crippen LogP contribution in [0.4, 0.5) is 32.0 Å². The molecule has 0 saturated carbocycles. The van der Waals surface area contributed by atoms with Crippen LogP contribution in [0.15, 0.2) is 91.3 Å². The number of aromatic nitrogens is 3. The van der Waals surface area contributed by atoms with Gasteiger partial charge in [0.05, 0.1) is 16.6 Å². The van der Waals surface area contributed by atoms with Gasteiger partial charge in [-0.1, -0.05) is 42.5 Å². The number of alkyl halides is 6. The van der Waals surface area contributed by atoms with Gasteiger partial charge in [0.2, 0.25) is 0 Å². The van der Waals surface area contributed by atoms with Crippen molar-refractivity contribution in [3.8, 4) is 22.5 Å². The fourth-order valence-corrected chi connectivity index (χ4v) is 4.97. The predicted octanol–water partition coefficient (Wildman–Crippen LogP) is 7.27. The zero-order valence-electron chi connectivity index (χ0n) is 23.6. The van der Waals surface area contributed by atoms with Crippen molar-refractivity contribution in [2.75, 3.05) is 31.1 Å². The number of H-pyrrole nitrogens is 1. The highest BCUT2D eigenvalue weighted by Crippen LogP contribution is 2.32. The van der Waals surface area contributed by atoms with Crippen LogP contribution in [0.3, 0.4) is 0 Å². The van der Waals surface area contributed by atoms with Gasteiger partial charge in [0.1, 0.15) is 5.82 Å². The smallest absolute Gasteiger partial charge is 0.475 e. The van der Waals surface area contributed by atoms with Gasteiger partial charge < -0.3 is 15.0 Å². The van der Waals surface area contributed by atoms with Gasteiger partial charge in [0.15, 0.2) is 0 Å². The van der Waals surface area contributed by atoms with Crippen LogP contribution in [0, 0.1) is 0 Å². The van der Waals surface area contributed by atoms with Gasteiger partial charge in [-0.25, -0.2) is 9.78 Å². The number of carbonyl (C=O) groups is 1. The third-order valence-electron chi connectivity index (χ3n) is 7.28. The lowest BCUT2D eigenvalue weighted by Gasteiger charge is -2.36. The lowest BCUT2D eigenvalue weighted by atomic mass is 10.0. The highest BCUT2D eigenvalue weighted by atomic mass is 19.4. The van der Waals surface area contributed by atoms with Crippen LogP contribution in [0.5, 0.6) is 0 Å². The van der Waals surface area contributed by atoms with Gasteiger partial charge in [-0.3, -0.25) is 9.88 Å². The molecule has 7 nitrogen and oxygen atoms in total. The number of nitrogens with one attached hydrogen (secondary N) is 1. The molecule has 1 aliphatic rings. The van der Waals surface area contributed by atoms with Crippen LogP contribution in [0.1, 0.15) is 11.1 Å². The molecule has 13 heteroatoms. The van der Waals surface area contributed by atoms with Crippen molar-refractivity contribution in [3.05, 3.63) is 102 Å². The largest absolute Gasteiger partial charge is 0.490 e.